The highest BCUT2D eigenvalue weighted by Gasteiger charge is 2.07. The highest BCUT2D eigenvalue weighted by Crippen LogP contribution is 2.28. The van der Waals surface area contributed by atoms with E-state index in [9.17, 15) is 4.79 Å². The molecule has 0 spiro atoms. The zero-order valence-corrected chi connectivity index (χ0v) is 16.1. The van der Waals surface area contributed by atoms with Crippen molar-refractivity contribution in [3.63, 3.8) is 0 Å². The molecule has 124 valence electrons. The van der Waals surface area contributed by atoms with Crippen LogP contribution in [0.15, 0.2) is 49.2 Å². The smallest absolute Gasteiger partial charge is 0.247 e. The number of aryl methyl sites for hydroxylation is 1. The Kier molecular flexibility index (Phi) is 6.73. The number of nitrogens with zero attached hydrogens (tertiary/aromatic N) is 1. The molecule has 0 fully saturated rings. The first kappa shape index (κ1) is 18.4. The van der Waals surface area contributed by atoms with Crippen molar-refractivity contribution in [3.8, 4) is 11.1 Å². The van der Waals surface area contributed by atoms with Gasteiger partial charge in [0, 0.05) is 21.0 Å². The molecule has 4 heteroatoms. The van der Waals surface area contributed by atoms with Crippen molar-refractivity contribution in [1.29, 1.82) is 0 Å². The van der Waals surface area contributed by atoms with E-state index in [0.29, 0.717) is 0 Å². The van der Waals surface area contributed by atoms with Crippen LogP contribution in [-0.4, -0.2) is 10.9 Å². The molecule has 1 N–H and O–H groups in total. The number of pyridine rings is 1. The van der Waals surface area contributed by atoms with Crippen molar-refractivity contribution in [2.75, 3.05) is 5.32 Å². The van der Waals surface area contributed by atoms with Gasteiger partial charge < -0.3 is 5.32 Å². The first-order valence-electron chi connectivity index (χ1n) is 7.91. The lowest BCUT2D eigenvalue weighted by atomic mass is 10.0. The Morgan fingerprint density at radius 2 is 2.12 bits per heavy atom. The Morgan fingerprint density at radius 3 is 2.83 bits per heavy atom. The van der Waals surface area contributed by atoms with E-state index in [-0.39, 0.29) is 5.91 Å². The molecule has 0 saturated carbocycles. The second kappa shape index (κ2) is 8.78. The van der Waals surface area contributed by atoms with Gasteiger partial charge in [0.25, 0.3) is 0 Å². The van der Waals surface area contributed by atoms with Gasteiger partial charge >= 0.3 is 0 Å². The molecule has 24 heavy (non-hydrogen) atoms. The van der Waals surface area contributed by atoms with Crippen LogP contribution in [0.5, 0.6) is 0 Å². The predicted octanol–water partition coefficient (Wildman–Crippen LogP) is 5.60. The summed E-state index contributed by atoms with van der Waals surface area (Å²) in [4.78, 5) is 16.1. The molecule has 0 saturated heterocycles. The third kappa shape index (κ3) is 4.77. The van der Waals surface area contributed by atoms with Crippen LogP contribution in [0, 0.1) is 10.5 Å². The molecule has 0 atom stereocenters. The van der Waals surface area contributed by atoms with Gasteiger partial charge in [-0.25, -0.2) is 0 Å². The maximum atomic E-state index is 11.6. The molecule has 1 amide bonds. The molecule has 0 unspecified atom stereocenters. The third-order valence-electron chi connectivity index (χ3n) is 3.62. The molecule has 0 aliphatic rings. The number of amides is 1. The van der Waals surface area contributed by atoms with Crippen LogP contribution < -0.4 is 5.32 Å². The third-order valence-corrected chi connectivity index (χ3v) is 4.56. The van der Waals surface area contributed by atoms with E-state index in [1.807, 2.05) is 31.3 Å². The van der Waals surface area contributed by atoms with Crippen LogP contribution in [0.25, 0.3) is 17.2 Å². The number of carbonyl (C=O) groups excluding carboxylic acids is 1. The SMILES string of the molecule is C=CC(=O)Nc1cc(-c2cnc(C)c(/C=C\CCC)c2)ccc1I. The summed E-state index contributed by atoms with van der Waals surface area (Å²) in [5.41, 5.74) is 4.96. The number of halogens is 1. The van der Waals surface area contributed by atoms with E-state index in [2.05, 4.69) is 64.6 Å². The molecular formula is C20H21IN2O. The number of allylic oxidation sites excluding steroid dienone is 1. The maximum Gasteiger partial charge on any atom is 0.247 e. The molecule has 0 bridgehead atoms. The standard InChI is InChI=1S/C20H21IN2O/c1-4-6-7-8-15-11-17(13-22-14(15)3)16-9-10-18(21)19(12-16)23-20(24)5-2/h5,7-13H,2,4,6H2,1,3H3,(H,23,24)/b8-7-. The monoisotopic (exact) mass is 432 g/mol. The second-order valence-corrected chi connectivity index (χ2v) is 6.64. The van der Waals surface area contributed by atoms with Crippen LogP contribution in [0.3, 0.4) is 0 Å². The molecule has 1 heterocycles. The van der Waals surface area contributed by atoms with Crippen LogP contribution in [0.4, 0.5) is 5.69 Å². The number of rotatable bonds is 6. The zero-order valence-electron chi connectivity index (χ0n) is 14.0. The van der Waals surface area contributed by atoms with E-state index >= 15 is 0 Å². The van der Waals surface area contributed by atoms with E-state index in [4.69, 9.17) is 0 Å². The van der Waals surface area contributed by atoms with Gasteiger partial charge in [0.1, 0.15) is 0 Å². The molecule has 2 aromatic rings. The van der Waals surface area contributed by atoms with Crippen LogP contribution >= 0.6 is 22.6 Å². The zero-order chi connectivity index (χ0) is 17.5. The average Bonchev–Trinajstić information content (AvgIpc) is 2.58. The summed E-state index contributed by atoms with van der Waals surface area (Å²) < 4.78 is 0.981. The number of aromatic nitrogens is 1. The van der Waals surface area contributed by atoms with Crippen molar-refractivity contribution >= 4 is 40.3 Å². The van der Waals surface area contributed by atoms with Gasteiger partial charge in [0.05, 0.1) is 5.69 Å². The lowest BCUT2D eigenvalue weighted by molar-refractivity contribution is -0.111. The molecule has 3 nitrogen and oxygen atoms in total. The van der Waals surface area contributed by atoms with Crippen molar-refractivity contribution in [1.82, 2.24) is 4.98 Å². The summed E-state index contributed by atoms with van der Waals surface area (Å²) in [6, 6.07) is 8.13. The van der Waals surface area contributed by atoms with Gasteiger partial charge in [0.15, 0.2) is 0 Å². The largest absolute Gasteiger partial charge is 0.322 e. The second-order valence-electron chi connectivity index (χ2n) is 5.48. The first-order chi connectivity index (χ1) is 11.5. The van der Waals surface area contributed by atoms with Gasteiger partial charge in [0.2, 0.25) is 5.91 Å². The number of carbonyl (C=O) groups is 1. The van der Waals surface area contributed by atoms with E-state index < -0.39 is 0 Å². The fraction of sp³-hybridized carbons (Fsp3) is 0.200. The van der Waals surface area contributed by atoms with Crippen molar-refractivity contribution in [2.45, 2.75) is 26.7 Å². The summed E-state index contributed by atoms with van der Waals surface area (Å²) in [5, 5.41) is 2.84. The predicted molar refractivity (Wildman–Crippen MR) is 110 cm³/mol. The Hall–Kier alpha value is -1.95. The first-order valence-corrected chi connectivity index (χ1v) is 8.99. The fourth-order valence-corrected chi connectivity index (χ4v) is 2.71. The Balaban J connectivity index is 2.37. The van der Waals surface area contributed by atoms with Crippen LogP contribution in [0.1, 0.15) is 31.0 Å². The Morgan fingerprint density at radius 1 is 1.33 bits per heavy atom. The van der Waals surface area contributed by atoms with E-state index in [0.717, 1.165) is 44.5 Å². The van der Waals surface area contributed by atoms with Gasteiger partial charge in [-0.2, -0.15) is 0 Å². The summed E-state index contributed by atoms with van der Waals surface area (Å²) in [7, 11) is 0. The highest BCUT2D eigenvalue weighted by atomic mass is 127. The number of benzene rings is 1. The summed E-state index contributed by atoms with van der Waals surface area (Å²) in [5.74, 6) is -0.213. The molecule has 0 radical (unpaired) electrons. The highest BCUT2D eigenvalue weighted by molar-refractivity contribution is 14.1. The molecule has 2 rings (SSSR count). The lowest BCUT2D eigenvalue weighted by Crippen LogP contribution is -2.08. The average molecular weight is 432 g/mol. The fourth-order valence-electron chi connectivity index (χ4n) is 2.24. The minimum atomic E-state index is -0.213. The van der Waals surface area contributed by atoms with Crippen LogP contribution in [-0.2, 0) is 4.79 Å². The number of unbranched alkanes of at least 4 members (excludes halogenated alkanes) is 1. The lowest BCUT2D eigenvalue weighted by Gasteiger charge is -2.10. The maximum absolute atomic E-state index is 11.6. The normalized spacial score (nSPS) is 10.8. The molecule has 1 aromatic carbocycles. The van der Waals surface area contributed by atoms with Gasteiger partial charge in [-0.15, -0.1) is 0 Å². The number of hydrogen-bond donors (Lipinski definition) is 1. The van der Waals surface area contributed by atoms with Crippen molar-refractivity contribution < 1.29 is 4.79 Å². The molecular weight excluding hydrogens is 411 g/mol. The van der Waals surface area contributed by atoms with E-state index in [1.165, 1.54) is 6.08 Å². The molecule has 1 aromatic heterocycles. The number of hydrogen-bond acceptors (Lipinski definition) is 2. The summed E-state index contributed by atoms with van der Waals surface area (Å²) in [6.45, 7) is 7.67. The summed E-state index contributed by atoms with van der Waals surface area (Å²) >= 11 is 2.20. The Labute approximate surface area is 157 Å². The van der Waals surface area contributed by atoms with Crippen molar-refractivity contribution in [3.05, 3.63) is 64.0 Å². The quantitative estimate of drug-likeness (QED) is 0.477. The van der Waals surface area contributed by atoms with Crippen LogP contribution in [0.2, 0.25) is 0 Å². The number of nitrogens with one attached hydrogen (secondary N) is 1. The minimum absolute atomic E-state index is 0.213. The minimum Gasteiger partial charge on any atom is -0.322 e. The van der Waals surface area contributed by atoms with Gasteiger partial charge in [-0.1, -0.05) is 38.1 Å². The van der Waals surface area contributed by atoms with Gasteiger partial charge in [-0.3, -0.25) is 9.78 Å². The Bertz CT molecular complexity index is 781. The van der Waals surface area contributed by atoms with Gasteiger partial charge in [-0.05, 0) is 71.3 Å². The number of anilines is 1. The molecule has 0 aliphatic carbocycles. The summed E-state index contributed by atoms with van der Waals surface area (Å²) in [6.07, 6.45) is 9.64. The van der Waals surface area contributed by atoms with Crippen molar-refractivity contribution in [2.24, 2.45) is 0 Å². The topological polar surface area (TPSA) is 42.0 Å². The molecule has 0 aliphatic heterocycles. The van der Waals surface area contributed by atoms with E-state index in [1.54, 1.807) is 0 Å².